The summed E-state index contributed by atoms with van der Waals surface area (Å²) in [5, 5.41) is 50.0. The maximum absolute atomic E-state index is 13.6. The van der Waals surface area contributed by atoms with Gasteiger partial charge in [-0.05, 0) is 62.7 Å². The second-order valence-corrected chi connectivity index (χ2v) is 13.7. The summed E-state index contributed by atoms with van der Waals surface area (Å²) < 4.78 is 25.8. The average molecular weight is 742 g/mol. The molecule has 0 amide bonds. The maximum Gasteiger partial charge on any atom is 0.524 e. The molecule has 20 heteroatoms. The summed E-state index contributed by atoms with van der Waals surface area (Å²) in [6.45, 7) is 2.78. The van der Waals surface area contributed by atoms with Gasteiger partial charge in [-0.15, -0.1) is 0 Å². The van der Waals surface area contributed by atoms with Gasteiger partial charge in [0.2, 0.25) is 0 Å². The minimum Gasteiger partial charge on any atom is -0.483 e. The number of carbonyl (C=O) groups excluding carboxylic acids is 1. The van der Waals surface area contributed by atoms with Gasteiger partial charge >= 0.3 is 19.2 Å². The number of Topliss-reactive ketones (excluding diaryl/α,β-unsaturated/α-hetero) is 1. The summed E-state index contributed by atoms with van der Waals surface area (Å²) in [4.78, 5) is 56.8. The van der Waals surface area contributed by atoms with Crippen molar-refractivity contribution in [2.75, 3.05) is 39.6 Å². The van der Waals surface area contributed by atoms with Crippen molar-refractivity contribution in [3.63, 3.8) is 0 Å². The van der Waals surface area contributed by atoms with Gasteiger partial charge < -0.3 is 51.4 Å². The zero-order valence-corrected chi connectivity index (χ0v) is 29.0. The molecule has 3 aromatic rings. The van der Waals surface area contributed by atoms with E-state index in [4.69, 9.17) is 61.2 Å². The second kappa shape index (κ2) is 16.1. The monoisotopic (exact) mass is 741 g/mol. The van der Waals surface area contributed by atoms with Crippen LogP contribution in [0.15, 0.2) is 63.7 Å². The molecule has 0 saturated carbocycles. The Hall–Kier alpha value is -3.98. The first-order valence-electron chi connectivity index (χ1n) is 15.3. The van der Waals surface area contributed by atoms with E-state index in [1.54, 1.807) is 30.3 Å². The van der Waals surface area contributed by atoms with Crippen molar-refractivity contribution in [1.29, 1.82) is 0 Å². The largest absolute Gasteiger partial charge is 0.524 e. The molecular weight excluding hydrogens is 697 g/mol. The van der Waals surface area contributed by atoms with Crippen molar-refractivity contribution in [1.82, 2.24) is 13.9 Å². The molecule has 1 atom stereocenters. The number of nitrogens with two attached hydrogens (primary N) is 2. The van der Waals surface area contributed by atoms with E-state index in [1.165, 1.54) is 28.4 Å². The molecule has 51 heavy (non-hydrogen) atoms. The number of phosphoric acid groups is 1. The van der Waals surface area contributed by atoms with Crippen LogP contribution >= 0.6 is 7.82 Å². The number of rotatable bonds is 10. The Morgan fingerprint density at radius 1 is 0.902 bits per heavy atom. The van der Waals surface area contributed by atoms with Gasteiger partial charge in [0.25, 0.3) is 0 Å². The quantitative estimate of drug-likeness (QED) is 0.0583. The highest BCUT2D eigenvalue weighted by molar-refractivity contribution is 7.46. The first-order chi connectivity index (χ1) is 23.7. The Labute approximate surface area is 291 Å². The van der Waals surface area contributed by atoms with Crippen molar-refractivity contribution in [2.45, 2.75) is 50.0 Å². The molecular formula is C31H44N5O14P. The Morgan fingerprint density at radius 3 is 1.84 bits per heavy atom. The van der Waals surface area contributed by atoms with Crippen LogP contribution in [-0.2, 0) is 11.1 Å². The number of nitrogens with zero attached hydrogens (tertiary/aromatic N) is 3. The molecule has 1 unspecified atom stereocenters. The van der Waals surface area contributed by atoms with Crippen LogP contribution < -0.4 is 32.1 Å². The lowest BCUT2D eigenvalue weighted by Gasteiger charge is -2.42. The van der Waals surface area contributed by atoms with Crippen LogP contribution in [0.1, 0.15) is 42.7 Å². The summed E-state index contributed by atoms with van der Waals surface area (Å²) in [6, 6.07) is 9.81. The van der Waals surface area contributed by atoms with Crippen LogP contribution in [0, 0.1) is 0 Å². The number of aromatic nitrogens is 3. The third-order valence-corrected chi connectivity index (χ3v) is 8.52. The van der Waals surface area contributed by atoms with E-state index in [-0.39, 0.29) is 23.8 Å². The lowest BCUT2D eigenvalue weighted by atomic mass is 9.83. The molecule has 3 heterocycles. The molecule has 0 fully saturated rings. The fourth-order valence-electron chi connectivity index (χ4n) is 4.94. The highest BCUT2D eigenvalue weighted by Gasteiger charge is 2.44. The molecule has 0 bridgehead atoms. The van der Waals surface area contributed by atoms with E-state index in [0.717, 1.165) is 10.1 Å². The number of ether oxygens (including phenoxy) is 1. The molecule has 2 aromatic carbocycles. The summed E-state index contributed by atoms with van der Waals surface area (Å²) >= 11 is 0. The van der Waals surface area contributed by atoms with Crippen molar-refractivity contribution < 1.29 is 59.0 Å². The number of hydrogen-bond donors (Lipinski definition) is 10. The number of ketones is 1. The number of phosphoric ester groups is 1. The molecule has 1 aromatic heterocycles. The predicted octanol–water partition coefficient (Wildman–Crippen LogP) is -2.50. The Kier molecular flexibility index (Phi) is 13.1. The fourth-order valence-corrected chi connectivity index (χ4v) is 5.32. The first kappa shape index (κ1) is 41.4. The number of hydrogen-bond acceptors (Lipinski definition) is 14. The van der Waals surface area contributed by atoms with E-state index in [9.17, 15) is 18.9 Å². The zero-order valence-electron chi connectivity index (χ0n) is 28.1. The van der Waals surface area contributed by atoms with Gasteiger partial charge in [0.1, 0.15) is 23.1 Å². The number of fused-ring (bicyclic) bond motifs is 5. The van der Waals surface area contributed by atoms with Crippen LogP contribution in [-0.4, -0.2) is 116 Å². The van der Waals surface area contributed by atoms with Gasteiger partial charge in [-0.25, -0.2) is 28.1 Å². The molecule has 0 aliphatic carbocycles. The summed E-state index contributed by atoms with van der Waals surface area (Å²) in [5.41, 5.74) is 7.98. The van der Waals surface area contributed by atoms with Crippen molar-refractivity contribution >= 4 is 13.6 Å². The van der Waals surface area contributed by atoms with E-state index >= 15 is 0 Å². The van der Waals surface area contributed by atoms with E-state index < -0.39 is 81.6 Å². The van der Waals surface area contributed by atoms with Crippen LogP contribution in [0.5, 0.6) is 11.5 Å². The number of aliphatic hydroxyl groups is 6. The van der Waals surface area contributed by atoms with Gasteiger partial charge in [-0.1, -0.05) is 6.08 Å². The average Bonchev–Trinajstić information content (AvgIpc) is 3.35. The smallest absolute Gasteiger partial charge is 0.483 e. The van der Waals surface area contributed by atoms with E-state index in [1.807, 2.05) is 19.9 Å². The summed E-state index contributed by atoms with van der Waals surface area (Å²) in [7, 11) is -4.78. The molecule has 12 N–H and O–H groups in total. The number of allylic oxidation sites excluding steroid dienone is 1. The van der Waals surface area contributed by atoms with Gasteiger partial charge in [-0.3, -0.25) is 14.6 Å². The zero-order chi connectivity index (χ0) is 38.5. The van der Waals surface area contributed by atoms with Gasteiger partial charge in [0.05, 0.1) is 63.0 Å². The van der Waals surface area contributed by atoms with Crippen molar-refractivity contribution in [3.8, 4) is 17.2 Å². The number of benzene rings is 2. The molecule has 2 aliphatic heterocycles. The predicted molar refractivity (Wildman–Crippen MR) is 181 cm³/mol. The van der Waals surface area contributed by atoms with Crippen LogP contribution in [0.4, 0.5) is 0 Å². The molecule has 0 saturated heterocycles. The minimum absolute atomic E-state index is 0.0935. The Bertz CT molecular complexity index is 1850. The normalized spacial score (nSPS) is 16.1. The van der Waals surface area contributed by atoms with E-state index in [2.05, 4.69) is 0 Å². The first-order valence-corrected chi connectivity index (χ1v) is 16.8. The molecule has 0 radical (unpaired) electrons. The fraction of sp³-hybridized carbons (Fsp3) is 0.452. The van der Waals surface area contributed by atoms with Gasteiger partial charge in [0.15, 0.2) is 5.78 Å². The maximum atomic E-state index is 13.6. The second-order valence-electron chi connectivity index (χ2n) is 12.6. The van der Waals surface area contributed by atoms with E-state index in [0.29, 0.717) is 16.8 Å². The third kappa shape index (κ3) is 9.28. The molecule has 2 aliphatic rings. The standard InChI is InChI=1S/C23H22N3O8P.2C4H11NO3/c1-13(27)14-4-6-15(7-5-14)25-21(28)24-11-10-18-20(26(24)22(25)29)17-9-8-16(34-35(30,31)32)12-19(17)33-23(18,2)3;2*5-4(1-6,2-7)3-8/h4-10,12,20H,11H2,1-3H3,(H2,30,31,32);2*6-8H,1-3,5H2. The minimum atomic E-state index is -4.78. The van der Waals surface area contributed by atoms with Crippen LogP contribution in [0.2, 0.25) is 0 Å². The highest BCUT2D eigenvalue weighted by atomic mass is 31.2. The molecule has 19 nitrogen and oxygen atoms in total. The lowest BCUT2D eigenvalue weighted by Crippen LogP contribution is -2.50. The molecule has 282 valence electrons. The van der Waals surface area contributed by atoms with Crippen molar-refractivity contribution in [3.05, 3.63) is 86.2 Å². The Morgan fingerprint density at radius 2 is 1.41 bits per heavy atom. The van der Waals surface area contributed by atoms with Crippen LogP contribution in [0.25, 0.3) is 5.69 Å². The van der Waals surface area contributed by atoms with Crippen molar-refractivity contribution in [2.24, 2.45) is 11.5 Å². The number of aliphatic hydroxyl groups excluding tert-OH is 6. The molecule has 5 rings (SSSR count). The highest BCUT2D eigenvalue weighted by Crippen LogP contribution is 2.48. The summed E-state index contributed by atoms with van der Waals surface area (Å²) in [6.07, 6.45) is 1.84. The Balaban J connectivity index is 0.000000366. The topological polar surface area (TPSA) is 315 Å². The summed E-state index contributed by atoms with van der Waals surface area (Å²) in [5.74, 6) is 0.0484. The van der Waals surface area contributed by atoms with Gasteiger partial charge in [-0.2, -0.15) is 0 Å². The SMILES string of the molecule is CC(=O)c1ccc(-n2c(=O)n3n(c2=O)C2C(=CC3)C(C)(C)Oc3cc(OP(=O)(O)O)ccc32)cc1.NC(CO)(CO)CO.NC(CO)(CO)CO. The van der Waals surface area contributed by atoms with Crippen LogP contribution in [0.3, 0.4) is 0 Å². The molecule has 0 spiro atoms. The number of carbonyl (C=O) groups is 1. The third-order valence-electron chi connectivity index (χ3n) is 8.07. The van der Waals surface area contributed by atoms with Gasteiger partial charge in [0, 0.05) is 17.2 Å². The lowest BCUT2D eigenvalue weighted by molar-refractivity contribution is 0.0695.